The molecule has 1 saturated heterocycles. The number of nitro groups is 1. The molecule has 0 aliphatic carbocycles. The first-order valence-corrected chi connectivity index (χ1v) is 10.7. The summed E-state index contributed by atoms with van der Waals surface area (Å²) >= 11 is 0. The smallest absolute Gasteiger partial charge is 0.270 e. The van der Waals surface area contributed by atoms with Crippen molar-refractivity contribution in [2.24, 2.45) is 0 Å². The Balaban J connectivity index is 1.79. The van der Waals surface area contributed by atoms with Crippen molar-refractivity contribution in [2.75, 3.05) is 31.1 Å². The SMILES string of the molecule is CC[NH+](CC)Cc1ccccc1CNC(=O)c1cc([N+](=O)[O-])ccc1N1CCCC1. The molecule has 160 valence electrons. The molecular formula is C23H31N4O3+. The molecule has 1 amide bonds. The Kier molecular flexibility index (Phi) is 7.41. The van der Waals surface area contributed by atoms with Crippen LogP contribution in [0, 0.1) is 10.1 Å². The van der Waals surface area contributed by atoms with E-state index >= 15 is 0 Å². The Labute approximate surface area is 177 Å². The summed E-state index contributed by atoms with van der Waals surface area (Å²) in [6.07, 6.45) is 2.14. The number of nitrogens with zero attached hydrogens (tertiary/aromatic N) is 2. The van der Waals surface area contributed by atoms with Gasteiger partial charge in [-0.25, -0.2) is 0 Å². The molecule has 1 heterocycles. The molecule has 0 unspecified atom stereocenters. The third-order valence-electron chi connectivity index (χ3n) is 5.88. The zero-order valence-corrected chi connectivity index (χ0v) is 17.8. The molecule has 0 atom stereocenters. The summed E-state index contributed by atoms with van der Waals surface area (Å²) in [5.74, 6) is -0.273. The third-order valence-corrected chi connectivity index (χ3v) is 5.88. The second-order valence-electron chi connectivity index (χ2n) is 7.74. The molecule has 1 fully saturated rings. The highest BCUT2D eigenvalue weighted by molar-refractivity contribution is 6.00. The molecule has 7 heteroatoms. The number of hydrogen-bond donors (Lipinski definition) is 2. The molecular weight excluding hydrogens is 380 g/mol. The summed E-state index contributed by atoms with van der Waals surface area (Å²) in [5, 5.41) is 14.2. The van der Waals surface area contributed by atoms with Crippen LogP contribution in [-0.2, 0) is 13.1 Å². The highest BCUT2D eigenvalue weighted by Crippen LogP contribution is 2.28. The Hall–Kier alpha value is -2.93. The average molecular weight is 412 g/mol. The van der Waals surface area contributed by atoms with E-state index in [0.29, 0.717) is 12.1 Å². The van der Waals surface area contributed by atoms with Crippen molar-refractivity contribution >= 4 is 17.3 Å². The first-order valence-electron chi connectivity index (χ1n) is 10.7. The normalized spacial score (nSPS) is 13.6. The molecule has 2 N–H and O–H groups in total. The molecule has 3 rings (SSSR count). The zero-order valence-electron chi connectivity index (χ0n) is 17.8. The standard InChI is InChI=1S/C23H30N4O3/c1-3-25(4-2)17-19-10-6-5-9-18(19)16-24-23(28)21-15-20(27(29)30)11-12-22(21)26-13-7-8-14-26/h5-6,9-12,15H,3-4,7-8,13-14,16-17H2,1-2H3,(H,24,28)/p+1. The summed E-state index contributed by atoms with van der Waals surface area (Å²) < 4.78 is 0. The van der Waals surface area contributed by atoms with Gasteiger partial charge in [0.2, 0.25) is 0 Å². The fourth-order valence-corrected chi connectivity index (χ4v) is 4.00. The van der Waals surface area contributed by atoms with Gasteiger partial charge >= 0.3 is 0 Å². The average Bonchev–Trinajstić information content (AvgIpc) is 3.30. The van der Waals surface area contributed by atoms with Gasteiger partial charge in [0.15, 0.2) is 0 Å². The summed E-state index contributed by atoms with van der Waals surface area (Å²) in [6, 6.07) is 12.7. The number of amides is 1. The Morgan fingerprint density at radius 1 is 1.10 bits per heavy atom. The number of benzene rings is 2. The van der Waals surface area contributed by atoms with Gasteiger partial charge in [0.05, 0.1) is 29.3 Å². The number of rotatable bonds is 9. The lowest BCUT2D eigenvalue weighted by atomic mass is 10.1. The van der Waals surface area contributed by atoms with E-state index in [9.17, 15) is 14.9 Å². The van der Waals surface area contributed by atoms with Gasteiger partial charge in [-0.2, -0.15) is 0 Å². The van der Waals surface area contributed by atoms with Crippen molar-refractivity contribution in [1.82, 2.24) is 5.32 Å². The summed E-state index contributed by atoms with van der Waals surface area (Å²) in [5.41, 5.74) is 3.39. The van der Waals surface area contributed by atoms with E-state index in [0.717, 1.165) is 56.8 Å². The Bertz CT molecular complexity index is 890. The molecule has 1 aliphatic heterocycles. The predicted octanol–water partition coefficient (Wildman–Crippen LogP) is 2.55. The van der Waals surface area contributed by atoms with Crippen LogP contribution < -0.4 is 15.1 Å². The summed E-state index contributed by atoms with van der Waals surface area (Å²) in [4.78, 5) is 27.5. The number of carbonyl (C=O) groups excluding carboxylic acids is 1. The first kappa shape index (κ1) is 21.8. The van der Waals surface area contributed by atoms with Gasteiger partial charge in [-0.05, 0) is 38.3 Å². The predicted molar refractivity (Wildman–Crippen MR) is 118 cm³/mol. The van der Waals surface area contributed by atoms with Gasteiger partial charge < -0.3 is 15.1 Å². The molecule has 0 aromatic heterocycles. The minimum Gasteiger partial charge on any atom is -0.371 e. The highest BCUT2D eigenvalue weighted by Gasteiger charge is 2.22. The van der Waals surface area contributed by atoms with Crippen LogP contribution in [0.2, 0.25) is 0 Å². The number of nitrogens with one attached hydrogen (secondary N) is 2. The lowest BCUT2D eigenvalue weighted by Crippen LogP contribution is -3.10. The lowest BCUT2D eigenvalue weighted by Gasteiger charge is -2.21. The number of carbonyl (C=O) groups is 1. The van der Waals surface area contributed by atoms with Crippen molar-refractivity contribution < 1.29 is 14.6 Å². The van der Waals surface area contributed by atoms with Crippen molar-refractivity contribution in [1.29, 1.82) is 0 Å². The fourth-order valence-electron chi connectivity index (χ4n) is 4.00. The first-order chi connectivity index (χ1) is 14.5. The maximum Gasteiger partial charge on any atom is 0.270 e. The van der Waals surface area contributed by atoms with Crippen LogP contribution in [0.15, 0.2) is 42.5 Å². The number of quaternary nitrogens is 1. The minimum atomic E-state index is -0.452. The van der Waals surface area contributed by atoms with Crippen LogP contribution in [-0.4, -0.2) is 37.0 Å². The molecule has 30 heavy (non-hydrogen) atoms. The number of non-ortho nitro benzene ring substituents is 1. The van der Waals surface area contributed by atoms with Gasteiger partial charge in [0.25, 0.3) is 11.6 Å². The second-order valence-corrected chi connectivity index (χ2v) is 7.74. The molecule has 0 spiro atoms. The van der Waals surface area contributed by atoms with Crippen LogP contribution in [0.3, 0.4) is 0 Å². The molecule has 2 aromatic rings. The van der Waals surface area contributed by atoms with E-state index < -0.39 is 4.92 Å². The van der Waals surface area contributed by atoms with E-state index in [2.05, 4.69) is 30.1 Å². The van der Waals surface area contributed by atoms with E-state index in [1.807, 2.05) is 18.2 Å². The van der Waals surface area contributed by atoms with Crippen LogP contribution in [0.5, 0.6) is 0 Å². The van der Waals surface area contributed by atoms with Crippen LogP contribution >= 0.6 is 0 Å². The highest BCUT2D eigenvalue weighted by atomic mass is 16.6. The number of hydrogen-bond acceptors (Lipinski definition) is 4. The van der Waals surface area contributed by atoms with Crippen molar-refractivity contribution in [2.45, 2.75) is 39.8 Å². The molecule has 7 nitrogen and oxygen atoms in total. The molecule has 0 saturated carbocycles. The number of nitro benzene ring substituents is 1. The summed E-state index contributed by atoms with van der Waals surface area (Å²) in [7, 11) is 0. The van der Waals surface area contributed by atoms with Crippen LogP contribution in [0.25, 0.3) is 0 Å². The van der Waals surface area contributed by atoms with Gasteiger partial charge in [-0.3, -0.25) is 14.9 Å². The van der Waals surface area contributed by atoms with Crippen LogP contribution in [0.4, 0.5) is 11.4 Å². The zero-order chi connectivity index (χ0) is 21.5. The van der Waals surface area contributed by atoms with Gasteiger partial charge in [-0.15, -0.1) is 0 Å². The van der Waals surface area contributed by atoms with Gasteiger partial charge in [-0.1, -0.05) is 24.3 Å². The Morgan fingerprint density at radius 3 is 2.40 bits per heavy atom. The van der Waals surface area contributed by atoms with E-state index in [4.69, 9.17) is 0 Å². The van der Waals surface area contributed by atoms with Crippen molar-refractivity contribution in [3.8, 4) is 0 Å². The van der Waals surface area contributed by atoms with Crippen LogP contribution in [0.1, 0.15) is 48.2 Å². The monoisotopic (exact) mass is 411 g/mol. The topological polar surface area (TPSA) is 79.9 Å². The van der Waals surface area contributed by atoms with E-state index in [1.165, 1.54) is 22.6 Å². The quantitative estimate of drug-likeness (QED) is 0.491. The Morgan fingerprint density at radius 2 is 1.77 bits per heavy atom. The molecule has 0 bridgehead atoms. The maximum absolute atomic E-state index is 13.1. The molecule has 0 radical (unpaired) electrons. The van der Waals surface area contributed by atoms with E-state index in [1.54, 1.807) is 6.07 Å². The van der Waals surface area contributed by atoms with E-state index in [-0.39, 0.29) is 11.6 Å². The lowest BCUT2D eigenvalue weighted by molar-refractivity contribution is -0.910. The van der Waals surface area contributed by atoms with Gasteiger partial charge in [0, 0.05) is 37.3 Å². The second kappa shape index (κ2) is 10.2. The minimum absolute atomic E-state index is 0.0615. The largest absolute Gasteiger partial charge is 0.371 e. The van der Waals surface area contributed by atoms with Crippen molar-refractivity contribution in [3.05, 3.63) is 69.3 Å². The summed E-state index contributed by atoms with van der Waals surface area (Å²) in [6.45, 7) is 9.48. The molecule has 2 aromatic carbocycles. The third kappa shape index (κ3) is 5.16. The number of anilines is 1. The molecule has 1 aliphatic rings. The van der Waals surface area contributed by atoms with Crippen molar-refractivity contribution in [3.63, 3.8) is 0 Å². The van der Waals surface area contributed by atoms with Gasteiger partial charge in [0.1, 0.15) is 6.54 Å². The maximum atomic E-state index is 13.1. The fraction of sp³-hybridized carbons (Fsp3) is 0.435.